The lowest BCUT2D eigenvalue weighted by atomic mass is 10.4. The van der Waals surface area contributed by atoms with Crippen LogP contribution in [0.2, 0.25) is 0 Å². The van der Waals surface area contributed by atoms with Crippen LogP contribution in [0.1, 0.15) is 13.8 Å². The molecule has 0 unspecified atom stereocenters. The highest BCUT2D eigenvalue weighted by atomic mass is 16.5. The molecule has 0 radical (unpaired) electrons. The normalized spacial score (nSPS) is 12.4. The van der Waals surface area contributed by atoms with E-state index in [1.165, 1.54) is 0 Å². The minimum absolute atomic E-state index is 0.572. The molecular weight excluding hydrogens is 144 g/mol. The standard InChI is InChI=1S/C8H16O3/c1-7(10-4)8(2)11-6-5-9-3/h5-6H2,1-4H3. The number of allylic oxidation sites excluding steroid dienone is 2. The van der Waals surface area contributed by atoms with Gasteiger partial charge >= 0.3 is 0 Å². The molecule has 0 saturated heterocycles. The van der Waals surface area contributed by atoms with Crippen LogP contribution in [-0.2, 0) is 14.2 Å². The van der Waals surface area contributed by atoms with Gasteiger partial charge in [0, 0.05) is 7.11 Å². The topological polar surface area (TPSA) is 27.7 Å². The lowest BCUT2D eigenvalue weighted by Crippen LogP contribution is -2.01. The Kier molecular flexibility index (Phi) is 5.65. The van der Waals surface area contributed by atoms with Gasteiger partial charge in [-0.25, -0.2) is 0 Å². The van der Waals surface area contributed by atoms with Crippen molar-refractivity contribution in [1.82, 2.24) is 0 Å². The maximum absolute atomic E-state index is 5.26. The Labute approximate surface area is 67.9 Å². The molecule has 3 heteroatoms. The molecule has 0 aromatic rings. The van der Waals surface area contributed by atoms with Crippen LogP contribution in [0, 0.1) is 0 Å². The highest BCUT2D eigenvalue weighted by Gasteiger charge is 1.95. The fourth-order valence-electron chi connectivity index (χ4n) is 0.523. The van der Waals surface area contributed by atoms with Crippen LogP contribution in [0.4, 0.5) is 0 Å². The van der Waals surface area contributed by atoms with E-state index in [4.69, 9.17) is 14.2 Å². The van der Waals surface area contributed by atoms with E-state index in [0.717, 1.165) is 11.5 Å². The Bertz CT molecular complexity index is 129. The average molecular weight is 160 g/mol. The molecule has 0 aliphatic heterocycles. The monoisotopic (exact) mass is 160 g/mol. The molecule has 0 aromatic carbocycles. The summed E-state index contributed by atoms with van der Waals surface area (Å²) >= 11 is 0. The van der Waals surface area contributed by atoms with E-state index in [-0.39, 0.29) is 0 Å². The van der Waals surface area contributed by atoms with Crippen LogP contribution in [-0.4, -0.2) is 27.4 Å². The molecule has 0 fully saturated rings. The Balaban J connectivity index is 3.58. The molecule has 0 aliphatic carbocycles. The van der Waals surface area contributed by atoms with Crippen molar-refractivity contribution in [2.45, 2.75) is 13.8 Å². The lowest BCUT2D eigenvalue weighted by Gasteiger charge is -2.08. The summed E-state index contributed by atoms with van der Waals surface area (Å²) in [6, 6.07) is 0. The first-order valence-corrected chi connectivity index (χ1v) is 3.55. The Morgan fingerprint density at radius 3 is 2.09 bits per heavy atom. The average Bonchev–Trinajstić information content (AvgIpc) is 2.03. The maximum atomic E-state index is 5.26. The minimum atomic E-state index is 0.572. The second-order valence-corrected chi connectivity index (χ2v) is 2.16. The highest BCUT2D eigenvalue weighted by molar-refractivity contribution is 4.94. The fraction of sp³-hybridized carbons (Fsp3) is 0.750. The summed E-state index contributed by atoms with van der Waals surface area (Å²) in [5.74, 6) is 1.62. The number of ether oxygens (including phenoxy) is 3. The lowest BCUT2D eigenvalue weighted by molar-refractivity contribution is 0.101. The van der Waals surface area contributed by atoms with Gasteiger partial charge in [-0.3, -0.25) is 0 Å². The van der Waals surface area contributed by atoms with Gasteiger partial charge in [-0.15, -0.1) is 0 Å². The van der Waals surface area contributed by atoms with E-state index in [1.807, 2.05) is 13.8 Å². The molecule has 0 atom stereocenters. The van der Waals surface area contributed by atoms with Gasteiger partial charge in [-0.2, -0.15) is 0 Å². The van der Waals surface area contributed by atoms with Gasteiger partial charge in [0.15, 0.2) is 0 Å². The van der Waals surface area contributed by atoms with Crippen LogP contribution in [0.25, 0.3) is 0 Å². The van der Waals surface area contributed by atoms with Gasteiger partial charge in [0.2, 0.25) is 0 Å². The van der Waals surface area contributed by atoms with Gasteiger partial charge in [0.1, 0.15) is 18.1 Å². The van der Waals surface area contributed by atoms with Gasteiger partial charge in [0.05, 0.1) is 13.7 Å². The summed E-state index contributed by atoms with van der Waals surface area (Å²) in [6.45, 7) is 4.91. The third-order valence-electron chi connectivity index (χ3n) is 1.41. The zero-order valence-corrected chi connectivity index (χ0v) is 7.64. The Morgan fingerprint density at radius 2 is 1.64 bits per heavy atom. The zero-order chi connectivity index (χ0) is 8.69. The van der Waals surface area contributed by atoms with Crippen LogP contribution in [0.5, 0.6) is 0 Å². The summed E-state index contributed by atoms with van der Waals surface area (Å²) in [4.78, 5) is 0. The van der Waals surface area contributed by atoms with Crippen LogP contribution in [0.3, 0.4) is 0 Å². The van der Waals surface area contributed by atoms with E-state index in [1.54, 1.807) is 14.2 Å². The largest absolute Gasteiger partial charge is 0.498 e. The van der Waals surface area contributed by atoms with Crippen molar-refractivity contribution in [3.8, 4) is 0 Å². The predicted molar refractivity (Wildman–Crippen MR) is 43.2 cm³/mol. The van der Waals surface area contributed by atoms with Crippen molar-refractivity contribution >= 4 is 0 Å². The summed E-state index contributed by atoms with van der Waals surface area (Å²) in [5, 5.41) is 0. The summed E-state index contributed by atoms with van der Waals surface area (Å²) < 4.78 is 15.0. The number of methoxy groups -OCH3 is 2. The van der Waals surface area contributed by atoms with Crippen molar-refractivity contribution in [3.05, 3.63) is 11.5 Å². The first kappa shape index (κ1) is 10.3. The molecule has 0 aliphatic rings. The predicted octanol–water partition coefficient (Wildman–Crippen LogP) is 1.55. The smallest absolute Gasteiger partial charge is 0.130 e. The fourth-order valence-corrected chi connectivity index (χ4v) is 0.523. The molecule has 66 valence electrons. The molecule has 3 nitrogen and oxygen atoms in total. The second-order valence-electron chi connectivity index (χ2n) is 2.16. The van der Waals surface area contributed by atoms with Gasteiger partial charge in [-0.1, -0.05) is 0 Å². The molecule has 11 heavy (non-hydrogen) atoms. The third kappa shape index (κ3) is 4.67. The van der Waals surface area contributed by atoms with Gasteiger partial charge in [-0.05, 0) is 13.8 Å². The molecule has 0 rings (SSSR count). The van der Waals surface area contributed by atoms with E-state index >= 15 is 0 Å². The van der Waals surface area contributed by atoms with Crippen molar-refractivity contribution in [3.63, 3.8) is 0 Å². The van der Waals surface area contributed by atoms with E-state index in [9.17, 15) is 0 Å². The molecule has 0 N–H and O–H groups in total. The number of hydrogen-bond donors (Lipinski definition) is 0. The van der Waals surface area contributed by atoms with Crippen molar-refractivity contribution in [1.29, 1.82) is 0 Å². The van der Waals surface area contributed by atoms with E-state index < -0.39 is 0 Å². The summed E-state index contributed by atoms with van der Waals surface area (Å²) in [7, 11) is 3.27. The van der Waals surface area contributed by atoms with Crippen molar-refractivity contribution in [2.75, 3.05) is 27.4 Å². The number of hydrogen-bond acceptors (Lipinski definition) is 3. The van der Waals surface area contributed by atoms with Crippen LogP contribution in [0.15, 0.2) is 11.5 Å². The van der Waals surface area contributed by atoms with E-state index in [2.05, 4.69) is 0 Å². The van der Waals surface area contributed by atoms with Gasteiger partial charge < -0.3 is 14.2 Å². The highest BCUT2D eigenvalue weighted by Crippen LogP contribution is 2.04. The van der Waals surface area contributed by atoms with Crippen molar-refractivity contribution < 1.29 is 14.2 Å². The molecule has 0 saturated carbocycles. The quantitative estimate of drug-likeness (QED) is 0.451. The number of rotatable bonds is 5. The molecule has 0 spiro atoms. The minimum Gasteiger partial charge on any atom is -0.498 e. The van der Waals surface area contributed by atoms with Crippen LogP contribution < -0.4 is 0 Å². The molecule has 0 amide bonds. The van der Waals surface area contributed by atoms with E-state index in [0.29, 0.717) is 13.2 Å². The molecule has 0 bridgehead atoms. The second kappa shape index (κ2) is 6.04. The van der Waals surface area contributed by atoms with Crippen LogP contribution >= 0.6 is 0 Å². The van der Waals surface area contributed by atoms with Crippen molar-refractivity contribution in [2.24, 2.45) is 0 Å². The molecule has 0 aromatic heterocycles. The SMILES string of the molecule is COCCOC(C)=C(C)OC. The molecular formula is C8H16O3. The molecule has 0 heterocycles. The third-order valence-corrected chi connectivity index (χ3v) is 1.41. The first-order chi connectivity index (χ1) is 5.22. The van der Waals surface area contributed by atoms with Gasteiger partial charge in [0.25, 0.3) is 0 Å². The zero-order valence-electron chi connectivity index (χ0n) is 7.64. The summed E-state index contributed by atoms with van der Waals surface area (Å²) in [6.07, 6.45) is 0. The Morgan fingerprint density at radius 1 is 1.00 bits per heavy atom. The first-order valence-electron chi connectivity index (χ1n) is 3.55. The maximum Gasteiger partial charge on any atom is 0.130 e. The summed E-state index contributed by atoms with van der Waals surface area (Å²) in [5.41, 5.74) is 0. The Hall–Kier alpha value is -0.700.